The van der Waals surface area contributed by atoms with Crippen LogP contribution in [-0.4, -0.2) is 28.9 Å². The molecule has 1 amide bonds. The van der Waals surface area contributed by atoms with Crippen LogP contribution in [0.1, 0.15) is 40.4 Å². The maximum absolute atomic E-state index is 12.6. The maximum Gasteiger partial charge on any atom is 0.253 e. The van der Waals surface area contributed by atoms with Gasteiger partial charge in [-0.3, -0.25) is 4.79 Å². The smallest absolute Gasteiger partial charge is 0.253 e. The molecule has 4 heteroatoms. The fourth-order valence-corrected chi connectivity index (χ4v) is 3.80. The van der Waals surface area contributed by atoms with Crippen molar-refractivity contribution in [3.05, 3.63) is 70.4 Å². The third kappa shape index (κ3) is 3.29. The predicted molar refractivity (Wildman–Crippen MR) is 102 cm³/mol. The lowest BCUT2D eigenvalue weighted by Crippen LogP contribution is -2.37. The zero-order valence-electron chi connectivity index (χ0n) is 14.3. The first kappa shape index (κ1) is 16.2. The van der Waals surface area contributed by atoms with Crippen molar-refractivity contribution in [1.82, 2.24) is 9.88 Å². The van der Waals surface area contributed by atoms with E-state index in [1.807, 2.05) is 54.3 Å². The number of nitrogens with one attached hydrogen (secondary N) is 1. The zero-order valence-corrected chi connectivity index (χ0v) is 15.0. The van der Waals surface area contributed by atoms with Crippen LogP contribution < -0.4 is 0 Å². The van der Waals surface area contributed by atoms with Crippen LogP contribution in [0.2, 0.25) is 5.02 Å². The van der Waals surface area contributed by atoms with Crippen molar-refractivity contribution in [2.24, 2.45) is 0 Å². The van der Waals surface area contributed by atoms with Crippen molar-refractivity contribution in [2.75, 3.05) is 13.1 Å². The van der Waals surface area contributed by atoms with Crippen LogP contribution in [0.5, 0.6) is 0 Å². The van der Waals surface area contributed by atoms with Crippen LogP contribution in [0.4, 0.5) is 0 Å². The zero-order chi connectivity index (χ0) is 17.4. The molecule has 1 aromatic heterocycles. The standard InChI is InChI=1S/C21H21ClN2O/c1-14-2-4-16(5-3-14)21(25)24-10-8-15(9-11-24)20-13-17-12-18(22)6-7-19(17)23-20/h2-7,12-13,15,23H,8-11H2,1H3. The Bertz CT molecular complexity index is 905. The SMILES string of the molecule is Cc1ccc(C(=O)N2CCC(c3cc4cc(Cl)ccc4[nH]3)CC2)cc1. The average molecular weight is 353 g/mol. The quantitative estimate of drug-likeness (QED) is 0.680. The lowest BCUT2D eigenvalue weighted by molar-refractivity contribution is 0.0712. The van der Waals surface area contributed by atoms with Crippen molar-refractivity contribution < 1.29 is 4.79 Å². The van der Waals surface area contributed by atoms with Gasteiger partial charge in [0.25, 0.3) is 5.91 Å². The molecule has 2 aromatic carbocycles. The van der Waals surface area contributed by atoms with E-state index in [1.165, 1.54) is 11.3 Å². The Balaban J connectivity index is 1.45. The fourth-order valence-electron chi connectivity index (χ4n) is 3.62. The Labute approximate surface area is 152 Å². The Morgan fingerprint density at radius 3 is 2.52 bits per heavy atom. The Kier molecular flexibility index (Phi) is 4.26. The highest BCUT2D eigenvalue weighted by Gasteiger charge is 2.25. The number of carbonyl (C=O) groups excluding carboxylic acids is 1. The second-order valence-electron chi connectivity index (χ2n) is 6.89. The highest BCUT2D eigenvalue weighted by Crippen LogP contribution is 2.31. The van der Waals surface area contributed by atoms with E-state index >= 15 is 0 Å². The summed E-state index contributed by atoms with van der Waals surface area (Å²) in [5, 5.41) is 1.91. The monoisotopic (exact) mass is 352 g/mol. The second kappa shape index (κ2) is 6.57. The minimum absolute atomic E-state index is 0.141. The third-order valence-corrected chi connectivity index (χ3v) is 5.36. The molecule has 0 spiro atoms. The van der Waals surface area contributed by atoms with Gasteiger partial charge in [0, 0.05) is 46.2 Å². The minimum atomic E-state index is 0.141. The molecule has 0 atom stereocenters. The molecule has 4 rings (SSSR count). The number of piperidine rings is 1. The van der Waals surface area contributed by atoms with Gasteiger partial charge in [-0.1, -0.05) is 29.3 Å². The number of H-pyrrole nitrogens is 1. The molecule has 0 unspecified atom stereocenters. The summed E-state index contributed by atoms with van der Waals surface area (Å²) in [6, 6.07) is 16.0. The number of nitrogens with zero attached hydrogens (tertiary/aromatic N) is 1. The summed E-state index contributed by atoms with van der Waals surface area (Å²) in [6.07, 6.45) is 1.97. The number of aromatic nitrogens is 1. The van der Waals surface area contributed by atoms with E-state index in [1.54, 1.807) is 0 Å². The van der Waals surface area contributed by atoms with Crippen LogP contribution in [0.25, 0.3) is 10.9 Å². The lowest BCUT2D eigenvalue weighted by Gasteiger charge is -2.31. The van der Waals surface area contributed by atoms with Crippen LogP contribution in [0.15, 0.2) is 48.5 Å². The molecule has 3 aromatic rings. The number of aryl methyl sites for hydroxylation is 1. The van der Waals surface area contributed by atoms with Gasteiger partial charge in [-0.25, -0.2) is 0 Å². The summed E-state index contributed by atoms with van der Waals surface area (Å²) in [7, 11) is 0. The second-order valence-corrected chi connectivity index (χ2v) is 7.33. The first-order valence-corrected chi connectivity index (χ1v) is 9.12. The van der Waals surface area contributed by atoms with Gasteiger partial charge in [0.1, 0.15) is 0 Å². The Hall–Kier alpha value is -2.26. The number of halogens is 1. The molecule has 25 heavy (non-hydrogen) atoms. The Morgan fingerprint density at radius 2 is 1.80 bits per heavy atom. The fraction of sp³-hybridized carbons (Fsp3) is 0.286. The predicted octanol–water partition coefficient (Wildman–Crippen LogP) is 5.15. The molecule has 128 valence electrons. The lowest BCUT2D eigenvalue weighted by atomic mass is 9.93. The summed E-state index contributed by atoms with van der Waals surface area (Å²) in [5.74, 6) is 0.607. The minimum Gasteiger partial charge on any atom is -0.358 e. The summed E-state index contributed by atoms with van der Waals surface area (Å²) >= 11 is 6.08. The number of benzene rings is 2. The first-order valence-electron chi connectivity index (χ1n) is 8.74. The summed E-state index contributed by atoms with van der Waals surface area (Å²) in [4.78, 5) is 18.1. The van der Waals surface area contributed by atoms with Crippen molar-refractivity contribution >= 4 is 28.4 Å². The first-order chi connectivity index (χ1) is 12.1. The van der Waals surface area contributed by atoms with E-state index in [2.05, 4.69) is 11.1 Å². The largest absolute Gasteiger partial charge is 0.358 e. The van der Waals surface area contributed by atoms with Crippen LogP contribution in [0.3, 0.4) is 0 Å². The molecule has 3 nitrogen and oxygen atoms in total. The summed E-state index contributed by atoms with van der Waals surface area (Å²) in [6.45, 7) is 3.63. The number of carbonyl (C=O) groups is 1. The molecule has 0 bridgehead atoms. The van der Waals surface area contributed by atoms with Gasteiger partial charge in [-0.05, 0) is 56.2 Å². The van der Waals surface area contributed by atoms with Crippen molar-refractivity contribution in [1.29, 1.82) is 0 Å². The average Bonchev–Trinajstić information content (AvgIpc) is 3.05. The number of hydrogen-bond acceptors (Lipinski definition) is 1. The van der Waals surface area contributed by atoms with Gasteiger partial charge in [-0.15, -0.1) is 0 Å². The number of aromatic amines is 1. The van der Waals surface area contributed by atoms with E-state index < -0.39 is 0 Å². The normalized spacial score (nSPS) is 15.7. The van der Waals surface area contributed by atoms with Gasteiger partial charge in [0.05, 0.1) is 0 Å². The summed E-state index contributed by atoms with van der Waals surface area (Å²) < 4.78 is 0. The molecule has 1 aliphatic heterocycles. The molecular formula is C21H21ClN2O. The van der Waals surface area contributed by atoms with Crippen molar-refractivity contribution in [3.63, 3.8) is 0 Å². The molecular weight excluding hydrogens is 332 g/mol. The molecule has 2 heterocycles. The number of likely N-dealkylation sites (tertiary alicyclic amines) is 1. The molecule has 1 aliphatic rings. The number of rotatable bonds is 2. The molecule has 1 saturated heterocycles. The van der Waals surface area contributed by atoms with E-state index in [0.29, 0.717) is 5.92 Å². The van der Waals surface area contributed by atoms with Crippen molar-refractivity contribution in [3.8, 4) is 0 Å². The van der Waals surface area contributed by atoms with Gasteiger partial charge in [-0.2, -0.15) is 0 Å². The number of hydrogen-bond donors (Lipinski definition) is 1. The van der Waals surface area contributed by atoms with Gasteiger partial charge in [0.2, 0.25) is 0 Å². The highest BCUT2D eigenvalue weighted by molar-refractivity contribution is 6.31. The highest BCUT2D eigenvalue weighted by atomic mass is 35.5. The molecule has 1 fully saturated rings. The number of amides is 1. The molecule has 0 radical (unpaired) electrons. The topological polar surface area (TPSA) is 36.1 Å². The maximum atomic E-state index is 12.6. The molecule has 0 aliphatic carbocycles. The van der Waals surface area contributed by atoms with E-state index in [9.17, 15) is 4.79 Å². The summed E-state index contributed by atoms with van der Waals surface area (Å²) in [5.41, 5.74) is 4.33. The van der Waals surface area contributed by atoms with Crippen LogP contribution in [0, 0.1) is 6.92 Å². The van der Waals surface area contributed by atoms with Gasteiger partial charge in [0.15, 0.2) is 0 Å². The van der Waals surface area contributed by atoms with E-state index in [0.717, 1.165) is 47.4 Å². The molecule has 0 saturated carbocycles. The number of fused-ring (bicyclic) bond motifs is 1. The van der Waals surface area contributed by atoms with E-state index in [4.69, 9.17) is 11.6 Å². The van der Waals surface area contributed by atoms with Crippen molar-refractivity contribution in [2.45, 2.75) is 25.7 Å². The van der Waals surface area contributed by atoms with Gasteiger partial charge >= 0.3 is 0 Å². The van der Waals surface area contributed by atoms with Crippen LogP contribution >= 0.6 is 11.6 Å². The van der Waals surface area contributed by atoms with Crippen LogP contribution in [-0.2, 0) is 0 Å². The van der Waals surface area contributed by atoms with Gasteiger partial charge < -0.3 is 9.88 Å². The van der Waals surface area contributed by atoms with E-state index in [-0.39, 0.29) is 5.91 Å². The third-order valence-electron chi connectivity index (χ3n) is 5.12. The molecule has 1 N–H and O–H groups in total. The Morgan fingerprint density at radius 1 is 1.08 bits per heavy atom.